The molecule has 0 unspecified atom stereocenters. The minimum atomic E-state index is -0.0487. The van der Waals surface area contributed by atoms with Gasteiger partial charge in [0.25, 0.3) is 0 Å². The molecule has 0 atom stereocenters. The Balaban J connectivity index is 1.39. The number of rotatable bonds is 1. The van der Waals surface area contributed by atoms with E-state index in [1.54, 1.807) is 0 Å². The van der Waals surface area contributed by atoms with Gasteiger partial charge in [-0.1, -0.05) is 117 Å². The number of aromatic nitrogens is 1. The summed E-state index contributed by atoms with van der Waals surface area (Å²) in [6, 6.07) is 47.8. The minimum Gasteiger partial charge on any atom is -0.309 e. The molecule has 0 saturated carbocycles. The van der Waals surface area contributed by atoms with Crippen LogP contribution in [0.4, 0.5) is 0 Å². The Morgan fingerprint density at radius 1 is 0.429 bits per heavy atom. The molecule has 196 valence electrons. The van der Waals surface area contributed by atoms with E-state index in [4.69, 9.17) is 0 Å². The fourth-order valence-corrected chi connectivity index (χ4v) is 8.23. The zero-order valence-electron chi connectivity index (χ0n) is 23.6. The average molecular weight is 534 g/mol. The predicted molar refractivity (Wildman–Crippen MR) is 178 cm³/mol. The van der Waals surface area contributed by atoms with Crippen molar-refractivity contribution in [3.05, 3.63) is 139 Å². The monoisotopic (exact) mass is 533 g/mol. The molecule has 0 radical (unpaired) electrons. The summed E-state index contributed by atoms with van der Waals surface area (Å²) in [5, 5.41) is 7.92. The van der Waals surface area contributed by atoms with Crippen molar-refractivity contribution in [1.29, 1.82) is 0 Å². The van der Waals surface area contributed by atoms with Gasteiger partial charge in [-0.3, -0.25) is 0 Å². The fourth-order valence-electron chi connectivity index (χ4n) is 8.23. The van der Waals surface area contributed by atoms with Gasteiger partial charge in [0, 0.05) is 21.6 Å². The molecule has 1 aromatic heterocycles. The van der Waals surface area contributed by atoms with Crippen molar-refractivity contribution in [2.75, 3.05) is 0 Å². The molecule has 8 aromatic rings. The van der Waals surface area contributed by atoms with Crippen LogP contribution >= 0.6 is 0 Å². The standard InChI is InChI=1S/C41H27N/c1-41(2)34-17-8-7-14-28(34)32-23-38-33(22-35(32)41)40-25-11-4-3-10-24(25)18-20-37(40)42(38)36-21-19-30-27-13-6-5-12-26(27)29-15-9-16-31(36)39(29)30/h3-23H,1-2H3. The molecule has 10 rings (SSSR count). The van der Waals surface area contributed by atoms with Crippen LogP contribution in [0.1, 0.15) is 25.0 Å². The predicted octanol–water partition coefficient (Wildman–Crippen LogP) is 11.0. The maximum atomic E-state index is 2.54. The molecular weight excluding hydrogens is 506 g/mol. The second-order valence-electron chi connectivity index (χ2n) is 12.5. The first-order valence-corrected chi connectivity index (χ1v) is 14.9. The Morgan fingerprint density at radius 2 is 1.12 bits per heavy atom. The Hall–Kier alpha value is -5.14. The largest absolute Gasteiger partial charge is 0.309 e. The topological polar surface area (TPSA) is 4.93 Å². The average Bonchev–Trinajstić information content (AvgIpc) is 3.62. The van der Waals surface area contributed by atoms with Crippen LogP contribution in [0.25, 0.3) is 82.4 Å². The lowest BCUT2D eigenvalue weighted by Gasteiger charge is -2.21. The van der Waals surface area contributed by atoms with E-state index < -0.39 is 0 Å². The molecule has 2 aliphatic carbocycles. The van der Waals surface area contributed by atoms with Gasteiger partial charge in [0.2, 0.25) is 0 Å². The van der Waals surface area contributed by atoms with Crippen molar-refractivity contribution in [3.63, 3.8) is 0 Å². The third-order valence-corrected chi connectivity index (χ3v) is 10.1. The van der Waals surface area contributed by atoms with Crippen molar-refractivity contribution >= 4 is 43.4 Å². The highest BCUT2D eigenvalue weighted by Crippen LogP contribution is 2.53. The maximum absolute atomic E-state index is 2.54. The van der Waals surface area contributed by atoms with Crippen LogP contribution in [0.5, 0.6) is 0 Å². The highest BCUT2D eigenvalue weighted by molar-refractivity contribution is 6.24. The number of hydrogen-bond donors (Lipinski definition) is 0. The van der Waals surface area contributed by atoms with Crippen molar-refractivity contribution < 1.29 is 0 Å². The Bertz CT molecular complexity index is 2460. The lowest BCUT2D eigenvalue weighted by Crippen LogP contribution is -2.14. The summed E-state index contributed by atoms with van der Waals surface area (Å²) in [7, 11) is 0. The minimum absolute atomic E-state index is 0.0487. The highest BCUT2D eigenvalue weighted by Gasteiger charge is 2.36. The second-order valence-corrected chi connectivity index (χ2v) is 12.5. The SMILES string of the molecule is CC1(C)c2ccccc2-c2cc3c(cc21)c1c2ccccc2ccc1n3-c1ccc2c3c(cccc13)-c1ccccc1-2. The van der Waals surface area contributed by atoms with Crippen LogP contribution in [0.2, 0.25) is 0 Å². The van der Waals surface area contributed by atoms with Gasteiger partial charge in [0.15, 0.2) is 0 Å². The van der Waals surface area contributed by atoms with Gasteiger partial charge in [-0.15, -0.1) is 0 Å². The summed E-state index contributed by atoms with van der Waals surface area (Å²) in [5.41, 5.74) is 14.6. The smallest absolute Gasteiger partial charge is 0.0547 e. The first-order valence-electron chi connectivity index (χ1n) is 14.9. The van der Waals surface area contributed by atoms with Crippen LogP contribution in [-0.2, 0) is 5.41 Å². The summed E-state index contributed by atoms with van der Waals surface area (Å²) in [4.78, 5) is 0. The van der Waals surface area contributed by atoms with Crippen LogP contribution in [0.3, 0.4) is 0 Å². The molecule has 2 aliphatic rings. The van der Waals surface area contributed by atoms with Gasteiger partial charge in [0.05, 0.1) is 16.7 Å². The van der Waals surface area contributed by atoms with Crippen molar-refractivity contribution in [2.45, 2.75) is 19.3 Å². The number of benzene rings is 7. The van der Waals surface area contributed by atoms with Gasteiger partial charge in [0.1, 0.15) is 0 Å². The van der Waals surface area contributed by atoms with E-state index in [-0.39, 0.29) is 5.41 Å². The van der Waals surface area contributed by atoms with E-state index in [1.165, 1.54) is 93.5 Å². The lowest BCUT2D eigenvalue weighted by molar-refractivity contribution is 0.661. The molecule has 0 spiro atoms. The van der Waals surface area contributed by atoms with Crippen LogP contribution in [0.15, 0.2) is 127 Å². The van der Waals surface area contributed by atoms with Gasteiger partial charge in [-0.2, -0.15) is 0 Å². The molecule has 0 bridgehead atoms. The van der Waals surface area contributed by atoms with Gasteiger partial charge >= 0.3 is 0 Å². The van der Waals surface area contributed by atoms with Crippen molar-refractivity contribution in [3.8, 4) is 39.1 Å². The molecule has 0 saturated heterocycles. The van der Waals surface area contributed by atoms with E-state index in [2.05, 4.69) is 146 Å². The molecule has 1 heterocycles. The van der Waals surface area contributed by atoms with Gasteiger partial charge in [-0.05, 0) is 84.9 Å². The maximum Gasteiger partial charge on any atom is 0.0547 e. The lowest BCUT2D eigenvalue weighted by atomic mass is 9.82. The summed E-state index contributed by atoms with van der Waals surface area (Å²) in [5.74, 6) is 0. The highest BCUT2D eigenvalue weighted by atomic mass is 15.0. The quantitative estimate of drug-likeness (QED) is 0.198. The molecule has 0 N–H and O–H groups in total. The molecule has 0 fully saturated rings. The zero-order chi connectivity index (χ0) is 27.7. The molecule has 7 aromatic carbocycles. The Labute approximate surface area is 244 Å². The summed E-state index contributed by atoms with van der Waals surface area (Å²) < 4.78 is 2.54. The van der Waals surface area contributed by atoms with E-state index in [0.29, 0.717) is 0 Å². The molecular formula is C41H27N. The van der Waals surface area contributed by atoms with E-state index in [1.807, 2.05) is 0 Å². The Morgan fingerprint density at radius 3 is 1.98 bits per heavy atom. The summed E-state index contributed by atoms with van der Waals surface area (Å²) in [6.07, 6.45) is 0. The van der Waals surface area contributed by atoms with Gasteiger partial charge < -0.3 is 4.57 Å². The molecule has 1 heteroatoms. The van der Waals surface area contributed by atoms with E-state index >= 15 is 0 Å². The summed E-state index contributed by atoms with van der Waals surface area (Å²) in [6.45, 7) is 4.75. The van der Waals surface area contributed by atoms with Crippen LogP contribution in [0, 0.1) is 0 Å². The number of nitrogens with zero attached hydrogens (tertiary/aromatic N) is 1. The van der Waals surface area contributed by atoms with E-state index in [9.17, 15) is 0 Å². The van der Waals surface area contributed by atoms with Crippen LogP contribution < -0.4 is 0 Å². The first-order chi connectivity index (χ1) is 20.6. The summed E-state index contributed by atoms with van der Waals surface area (Å²) >= 11 is 0. The molecule has 42 heavy (non-hydrogen) atoms. The fraction of sp³-hybridized carbons (Fsp3) is 0.0732. The molecule has 0 amide bonds. The first kappa shape index (κ1) is 22.5. The number of hydrogen-bond acceptors (Lipinski definition) is 0. The normalized spacial score (nSPS) is 14.1. The molecule has 1 nitrogen and oxygen atoms in total. The van der Waals surface area contributed by atoms with Crippen molar-refractivity contribution in [2.24, 2.45) is 0 Å². The number of fused-ring (bicyclic) bond motifs is 11. The van der Waals surface area contributed by atoms with Gasteiger partial charge in [-0.25, -0.2) is 0 Å². The van der Waals surface area contributed by atoms with E-state index in [0.717, 1.165) is 0 Å². The van der Waals surface area contributed by atoms with Crippen molar-refractivity contribution in [1.82, 2.24) is 4.57 Å². The Kier molecular flexibility index (Phi) is 4.06. The molecule has 0 aliphatic heterocycles. The third kappa shape index (κ3) is 2.61. The third-order valence-electron chi connectivity index (χ3n) is 10.1. The van der Waals surface area contributed by atoms with Crippen LogP contribution in [-0.4, -0.2) is 4.57 Å². The zero-order valence-corrected chi connectivity index (χ0v) is 23.6. The second kappa shape index (κ2) is 7.57.